The Labute approximate surface area is 98.2 Å². The predicted octanol–water partition coefficient (Wildman–Crippen LogP) is 2.74. The van der Waals surface area contributed by atoms with Crippen LogP contribution in [0.2, 0.25) is 0 Å². The minimum absolute atomic E-state index is 0.643. The van der Waals surface area contributed by atoms with Crippen molar-refractivity contribution in [2.24, 2.45) is 5.92 Å². The molecule has 0 spiro atoms. The van der Waals surface area contributed by atoms with Crippen molar-refractivity contribution >= 4 is 0 Å². The second-order valence-corrected chi connectivity index (χ2v) is 4.95. The van der Waals surface area contributed by atoms with Gasteiger partial charge in [0.25, 0.3) is 0 Å². The highest BCUT2D eigenvalue weighted by Gasteiger charge is 2.22. The van der Waals surface area contributed by atoms with Gasteiger partial charge in [-0.25, -0.2) is 0 Å². The molecular formula is C13H23N3. The first-order valence-corrected chi connectivity index (χ1v) is 6.51. The molecule has 1 aliphatic carbocycles. The van der Waals surface area contributed by atoms with Crippen LogP contribution >= 0.6 is 0 Å². The molecule has 0 amide bonds. The number of aromatic nitrogens is 2. The Hall–Kier alpha value is -0.830. The lowest BCUT2D eigenvalue weighted by Gasteiger charge is -2.28. The van der Waals surface area contributed by atoms with Crippen LogP contribution in [0.5, 0.6) is 0 Å². The van der Waals surface area contributed by atoms with Crippen molar-refractivity contribution in [1.29, 1.82) is 0 Å². The second kappa shape index (κ2) is 5.48. The molecule has 1 heterocycles. The van der Waals surface area contributed by atoms with Crippen LogP contribution in [0.25, 0.3) is 0 Å². The number of hydrogen-bond acceptors (Lipinski definition) is 2. The number of rotatable bonds is 4. The van der Waals surface area contributed by atoms with E-state index in [0.29, 0.717) is 6.04 Å². The van der Waals surface area contributed by atoms with Crippen LogP contribution in [0.1, 0.15) is 50.6 Å². The highest BCUT2D eigenvalue weighted by Crippen LogP contribution is 2.33. The van der Waals surface area contributed by atoms with E-state index in [1.807, 2.05) is 13.2 Å². The Morgan fingerprint density at radius 2 is 2.38 bits per heavy atom. The van der Waals surface area contributed by atoms with E-state index in [9.17, 15) is 0 Å². The molecule has 3 nitrogen and oxygen atoms in total. The molecule has 1 saturated carbocycles. The summed E-state index contributed by atoms with van der Waals surface area (Å²) in [6, 6.07) is 0.643. The van der Waals surface area contributed by atoms with E-state index in [0.717, 1.165) is 12.5 Å². The second-order valence-electron chi connectivity index (χ2n) is 4.95. The van der Waals surface area contributed by atoms with Gasteiger partial charge in [0.1, 0.15) is 0 Å². The zero-order valence-corrected chi connectivity index (χ0v) is 10.4. The zero-order chi connectivity index (χ0) is 11.4. The SMILES string of the molecule is CCC1CCCC(n2cc(CNC)cn2)C1. The summed E-state index contributed by atoms with van der Waals surface area (Å²) in [4.78, 5) is 0. The molecular weight excluding hydrogens is 198 g/mol. The minimum Gasteiger partial charge on any atom is -0.316 e. The van der Waals surface area contributed by atoms with Crippen LogP contribution in [0.4, 0.5) is 0 Å². The molecule has 0 aliphatic heterocycles. The summed E-state index contributed by atoms with van der Waals surface area (Å²) < 4.78 is 2.19. The first-order chi connectivity index (χ1) is 7.83. The van der Waals surface area contributed by atoms with E-state index < -0.39 is 0 Å². The molecule has 0 aromatic carbocycles. The maximum atomic E-state index is 4.50. The molecule has 2 atom stereocenters. The molecule has 1 aromatic rings. The molecule has 0 bridgehead atoms. The highest BCUT2D eigenvalue weighted by atomic mass is 15.3. The molecule has 0 saturated heterocycles. The lowest BCUT2D eigenvalue weighted by Crippen LogP contribution is -2.19. The fourth-order valence-electron chi connectivity index (χ4n) is 2.75. The van der Waals surface area contributed by atoms with Gasteiger partial charge in [0, 0.05) is 18.3 Å². The fourth-order valence-corrected chi connectivity index (χ4v) is 2.75. The van der Waals surface area contributed by atoms with Crippen molar-refractivity contribution in [3.63, 3.8) is 0 Å². The Balaban J connectivity index is 1.99. The average Bonchev–Trinajstić information content (AvgIpc) is 2.78. The summed E-state index contributed by atoms with van der Waals surface area (Å²) in [5.74, 6) is 0.913. The molecule has 1 fully saturated rings. The lowest BCUT2D eigenvalue weighted by atomic mass is 9.84. The van der Waals surface area contributed by atoms with Crippen LogP contribution in [0, 0.1) is 5.92 Å². The maximum absolute atomic E-state index is 4.50. The summed E-state index contributed by atoms with van der Waals surface area (Å²) in [7, 11) is 1.98. The van der Waals surface area contributed by atoms with Gasteiger partial charge in [0.05, 0.1) is 12.2 Å². The van der Waals surface area contributed by atoms with Crippen molar-refractivity contribution in [2.45, 2.75) is 51.6 Å². The smallest absolute Gasteiger partial charge is 0.0534 e. The summed E-state index contributed by atoms with van der Waals surface area (Å²) >= 11 is 0. The van der Waals surface area contributed by atoms with Crippen LogP contribution in [0.15, 0.2) is 12.4 Å². The third-order valence-corrected chi connectivity index (χ3v) is 3.74. The molecule has 0 radical (unpaired) electrons. The van der Waals surface area contributed by atoms with Crippen molar-refractivity contribution in [1.82, 2.24) is 15.1 Å². The largest absolute Gasteiger partial charge is 0.316 e. The van der Waals surface area contributed by atoms with Gasteiger partial charge >= 0.3 is 0 Å². The monoisotopic (exact) mass is 221 g/mol. The van der Waals surface area contributed by atoms with E-state index in [-0.39, 0.29) is 0 Å². The Kier molecular flexibility index (Phi) is 3.99. The fraction of sp³-hybridized carbons (Fsp3) is 0.769. The summed E-state index contributed by atoms with van der Waals surface area (Å²) in [6.07, 6.45) is 10.9. The van der Waals surface area contributed by atoms with Gasteiger partial charge in [0.2, 0.25) is 0 Å². The van der Waals surface area contributed by atoms with Gasteiger partial charge in [0.15, 0.2) is 0 Å². The van der Waals surface area contributed by atoms with E-state index in [2.05, 4.69) is 28.2 Å². The van der Waals surface area contributed by atoms with Gasteiger partial charge in [-0.05, 0) is 25.8 Å². The van der Waals surface area contributed by atoms with E-state index in [1.165, 1.54) is 37.7 Å². The van der Waals surface area contributed by atoms with E-state index in [4.69, 9.17) is 0 Å². The number of nitrogens with zero attached hydrogens (tertiary/aromatic N) is 2. The number of nitrogens with one attached hydrogen (secondary N) is 1. The quantitative estimate of drug-likeness (QED) is 0.847. The van der Waals surface area contributed by atoms with Gasteiger partial charge in [-0.3, -0.25) is 4.68 Å². The molecule has 1 aliphatic rings. The van der Waals surface area contributed by atoms with Crippen LogP contribution in [0.3, 0.4) is 0 Å². The van der Waals surface area contributed by atoms with Gasteiger partial charge in [-0.2, -0.15) is 5.10 Å². The number of hydrogen-bond donors (Lipinski definition) is 1. The van der Waals surface area contributed by atoms with E-state index in [1.54, 1.807) is 0 Å². The zero-order valence-electron chi connectivity index (χ0n) is 10.4. The first-order valence-electron chi connectivity index (χ1n) is 6.51. The molecule has 3 heteroatoms. The van der Waals surface area contributed by atoms with Crippen molar-refractivity contribution < 1.29 is 0 Å². The van der Waals surface area contributed by atoms with Crippen molar-refractivity contribution in [3.05, 3.63) is 18.0 Å². The molecule has 16 heavy (non-hydrogen) atoms. The van der Waals surface area contributed by atoms with Gasteiger partial charge in [-0.15, -0.1) is 0 Å². The molecule has 2 rings (SSSR count). The summed E-state index contributed by atoms with van der Waals surface area (Å²) in [6.45, 7) is 3.23. The average molecular weight is 221 g/mol. The third kappa shape index (κ3) is 2.64. The van der Waals surface area contributed by atoms with Crippen molar-refractivity contribution in [2.75, 3.05) is 7.05 Å². The Bertz CT molecular complexity index is 319. The molecule has 1 aromatic heterocycles. The lowest BCUT2D eigenvalue weighted by molar-refractivity contribution is 0.247. The third-order valence-electron chi connectivity index (χ3n) is 3.74. The van der Waals surface area contributed by atoms with Crippen molar-refractivity contribution in [3.8, 4) is 0 Å². The van der Waals surface area contributed by atoms with Gasteiger partial charge in [-0.1, -0.05) is 26.2 Å². The minimum atomic E-state index is 0.643. The molecule has 90 valence electrons. The normalized spacial score (nSPS) is 25.9. The van der Waals surface area contributed by atoms with Gasteiger partial charge < -0.3 is 5.32 Å². The molecule has 1 N–H and O–H groups in total. The topological polar surface area (TPSA) is 29.9 Å². The van der Waals surface area contributed by atoms with Crippen LogP contribution in [-0.2, 0) is 6.54 Å². The molecule has 2 unspecified atom stereocenters. The first kappa shape index (κ1) is 11.6. The highest BCUT2D eigenvalue weighted by molar-refractivity contribution is 5.04. The van der Waals surface area contributed by atoms with Crippen LogP contribution < -0.4 is 5.32 Å². The van der Waals surface area contributed by atoms with Crippen LogP contribution in [-0.4, -0.2) is 16.8 Å². The summed E-state index contributed by atoms with van der Waals surface area (Å²) in [5.41, 5.74) is 1.29. The maximum Gasteiger partial charge on any atom is 0.0534 e. The Morgan fingerprint density at radius 1 is 1.50 bits per heavy atom. The standard InChI is InChI=1S/C13H23N3/c1-3-11-5-4-6-13(7-11)16-10-12(8-14-2)9-15-16/h9-11,13-14H,3-8H2,1-2H3. The predicted molar refractivity (Wildman–Crippen MR) is 66.3 cm³/mol. The summed E-state index contributed by atoms with van der Waals surface area (Å²) in [5, 5.41) is 7.67. The van der Waals surface area contributed by atoms with E-state index >= 15 is 0 Å². The Morgan fingerprint density at radius 3 is 3.12 bits per heavy atom.